The number of rotatable bonds is 22. The fourth-order valence-corrected chi connectivity index (χ4v) is 6.04. The minimum absolute atomic E-state index is 0.0856. The predicted molar refractivity (Wildman–Crippen MR) is 163 cm³/mol. The molecule has 0 aliphatic carbocycles. The average molecular weight is 611 g/mol. The van der Waals surface area contributed by atoms with Gasteiger partial charge in [-0.2, -0.15) is 9.97 Å². The molecule has 0 aromatic carbocycles. The van der Waals surface area contributed by atoms with Gasteiger partial charge >= 0.3 is 11.9 Å². The lowest BCUT2D eigenvalue weighted by atomic mass is 10.2. The summed E-state index contributed by atoms with van der Waals surface area (Å²) < 4.78 is 32.5. The lowest BCUT2D eigenvalue weighted by Crippen LogP contribution is -2.44. The molecule has 42 heavy (non-hydrogen) atoms. The van der Waals surface area contributed by atoms with Crippen LogP contribution in [0.3, 0.4) is 0 Å². The van der Waals surface area contributed by atoms with Crippen molar-refractivity contribution in [2.45, 2.75) is 84.8 Å². The van der Waals surface area contributed by atoms with Crippen molar-refractivity contribution in [2.75, 3.05) is 43.8 Å². The van der Waals surface area contributed by atoms with Gasteiger partial charge in [-0.15, -0.1) is 6.58 Å². The van der Waals surface area contributed by atoms with Crippen LogP contribution in [0.15, 0.2) is 19.0 Å². The number of hydrogen-bond donors (Lipinski definition) is 4. The summed E-state index contributed by atoms with van der Waals surface area (Å²) in [5.74, 6) is -0.436. The zero-order chi connectivity index (χ0) is 31.0. The van der Waals surface area contributed by atoms with Crippen LogP contribution in [-0.2, 0) is 34.9 Å². The van der Waals surface area contributed by atoms with E-state index in [9.17, 15) is 14.2 Å². The Morgan fingerprint density at radius 2 is 1.62 bits per heavy atom. The molecule has 0 aliphatic rings. The molecular formula is C27H47N8O6P. The van der Waals surface area contributed by atoms with Crippen LogP contribution in [0.2, 0.25) is 0 Å². The van der Waals surface area contributed by atoms with E-state index in [2.05, 4.69) is 37.0 Å². The van der Waals surface area contributed by atoms with E-state index >= 15 is 0 Å². The standard InChI is InChI=1S/C27H47N8O6P/c1-6-11-15-40-25(36)20(9-4)33-42(38,34-21(10-5)26(37)41-16-12-7-2)19-39-17-14-35-18-30-22-23(29-13-8-3)31-27(28)32-24(22)35/h8,18,20-21H,3,6-7,9-17,19H2,1-2,4-5H3,(H2,33,34,38)(H3,28,29,31,32). The van der Waals surface area contributed by atoms with E-state index in [0.717, 1.165) is 25.7 Å². The molecule has 0 amide bonds. The summed E-state index contributed by atoms with van der Waals surface area (Å²) in [7, 11) is -3.65. The maximum absolute atomic E-state index is 14.1. The Bertz CT molecular complexity index is 1160. The molecule has 2 aromatic rings. The lowest BCUT2D eigenvalue weighted by molar-refractivity contribution is -0.146. The van der Waals surface area contributed by atoms with Crippen LogP contribution in [-0.4, -0.2) is 76.3 Å². The van der Waals surface area contributed by atoms with E-state index in [1.807, 2.05) is 13.8 Å². The van der Waals surface area contributed by atoms with Gasteiger partial charge in [0.05, 0.1) is 26.1 Å². The number of nitrogens with zero attached hydrogens (tertiary/aromatic N) is 4. The number of nitrogens with one attached hydrogen (secondary N) is 3. The number of unbranched alkanes of at least 4 members (excludes halogenated alkanes) is 2. The summed E-state index contributed by atoms with van der Waals surface area (Å²) in [6, 6.07) is -1.70. The number of esters is 2. The Hall–Kier alpha value is -3.06. The number of nitrogens with two attached hydrogens (primary N) is 1. The molecule has 0 radical (unpaired) electrons. The molecule has 2 aromatic heterocycles. The van der Waals surface area contributed by atoms with Crippen LogP contribution in [0, 0.1) is 0 Å². The second kappa shape index (κ2) is 18.5. The molecule has 0 bridgehead atoms. The van der Waals surface area contributed by atoms with Gasteiger partial charge < -0.3 is 29.8 Å². The molecule has 2 rings (SSSR count). The zero-order valence-corrected chi connectivity index (χ0v) is 26.2. The van der Waals surface area contributed by atoms with Crippen molar-refractivity contribution in [3.05, 3.63) is 19.0 Å². The van der Waals surface area contributed by atoms with E-state index in [-0.39, 0.29) is 32.1 Å². The molecule has 0 saturated heterocycles. The number of carbonyl (C=O) groups is 2. The largest absolute Gasteiger partial charge is 0.465 e. The third kappa shape index (κ3) is 11.0. The lowest BCUT2D eigenvalue weighted by Gasteiger charge is -2.28. The van der Waals surface area contributed by atoms with Crippen molar-refractivity contribution in [1.29, 1.82) is 0 Å². The number of fused-ring (bicyclic) bond motifs is 1. The molecule has 5 N–H and O–H groups in total. The summed E-state index contributed by atoms with van der Waals surface area (Å²) in [6.07, 6.45) is 6.87. The molecule has 0 saturated carbocycles. The second-order valence-electron chi connectivity index (χ2n) is 9.71. The van der Waals surface area contributed by atoms with E-state index in [4.69, 9.17) is 19.9 Å². The van der Waals surface area contributed by atoms with Crippen LogP contribution in [0.25, 0.3) is 11.2 Å². The van der Waals surface area contributed by atoms with Crippen LogP contribution < -0.4 is 21.2 Å². The Labute approximate surface area is 248 Å². The van der Waals surface area contributed by atoms with Crippen LogP contribution in [0.1, 0.15) is 66.2 Å². The first-order chi connectivity index (χ1) is 20.2. The Balaban J connectivity index is 2.15. The summed E-state index contributed by atoms with van der Waals surface area (Å²) in [5.41, 5.74) is 6.95. The first kappa shape index (κ1) is 35.1. The minimum atomic E-state index is -3.65. The number of ether oxygens (including phenoxy) is 3. The number of nitrogen functional groups attached to an aromatic ring is 1. The fraction of sp³-hybridized carbons (Fsp3) is 0.667. The SMILES string of the molecule is C=CCNc1nc(N)nc2c1ncn2CCOCP(=O)(NC(CC)C(=O)OCCCC)NC(CC)C(=O)OCCCC. The second-order valence-corrected chi connectivity index (χ2v) is 12.0. The van der Waals surface area contributed by atoms with Crippen molar-refractivity contribution in [3.8, 4) is 0 Å². The molecule has 2 heterocycles. The Kier molecular flexibility index (Phi) is 15.5. The van der Waals surface area contributed by atoms with Gasteiger partial charge in [0.25, 0.3) is 0 Å². The molecule has 2 atom stereocenters. The van der Waals surface area contributed by atoms with Crippen molar-refractivity contribution in [2.24, 2.45) is 0 Å². The van der Waals surface area contributed by atoms with Gasteiger partial charge in [-0.05, 0) is 25.7 Å². The predicted octanol–water partition coefficient (Wildman–Crippen LogP) is 3.60. The smallest absolute Gasteiger partial charge is 0.323 e. The normalized spacial score (nSPS) is 14.2. The quantitative estimate of drug-likeness (QED) is 0.0657. The van der Waals surface area contributed by atoms with Crippen LogP contribution in [0.4, 0.5) is 11.8 Å². The van der Waals surface area contributed by atoms with Gasteiger partial charge in [0, 0.05) is 13.1 Å². The van der Waals surface area contributed by atoms with Gasteiger partial charge in [0.2, 0.25) is 13.4 Å². The monoisotopic (exact) mass is 610 g/mol. The molecular weight excluding hydrogens is 563 g/mol. The minimum Gasteiger partial charge on any atom is -0.465 e. The van der Waals surface area contributed by atoms with Gasteiger partial charge in [-0.3, -0.25) is 14.2 Å². The highest BCUT2D eigenvalue weighted by atomic mass is 31.2. The molecule has 0 spiro atoms. The third-order valence-electron chi connectivity index (χ3n) is 6.24. The summed E-state index contributed by atoms with van der Waals surface area (Å²) in [5, 5.41) is 8.92. The highest BCUT2D eigenvalue weighted by Crippen LogP contribution is 2.38. The topological polar surface area (TPSA) is 185 Å². The first-order valence-corrected chi connectivity index (χ1v) is 16.5. The molecule has 14 nitrogen and oxygen atoms in total. The fourth-order valence-electron chi connectivity index (χ4n) is 3.84. The summed E-state index contributed by atoms with van der Waals surface area (Å²) in [6.45, 7) is 12.7. The number of hydrogen-bond acceptors (Lipinski definition) is 11. The van der Waals surface area contributed by atoms with Crippen LogP contribution >= 0.6 is 7.44 Å². The van der Waals surface area contributed by atoms with Gasteiger partial charge in [-0.25, -0.2) is 15.2 Å². The highest BCUT2D eigenvalue weighted by molar-refractivity contribution is 7.59. The summed E-state index contributed by atoms with van der Waals surface area (Å²) in [4.78, 5) is 38.3. The maximum atomic E-state index is 14.1. The van der Waals surface area contributed by atoms with Crippen molar-refractivity contribution < 1.29 is 28.4 Å². The van der Waals surface area contributed by atoms with Gasteiger partial charge in [-0.1, -0.05) is 46.6 Å². The van der Waals surface area contributed by atoms with Crippen molar-refractivity contribution >= 4 is 42.3 Å². The number of imidazole rings is 1. The zero-order valence-electron chi connectivity index (χ0n) is 25.3. The molecule has 15 heteroatoms. The maximum Gasteiger partial charge on any atom is 0.323 e. The van der Waals surface area contributed by atoms with Gasteiger partial charge in [0.15, 0.2) is 17.0 Å². The van der Waals surface area contributed by atoms with E-state index in [0.29, 0.717) is 42.9 Å². The van der Waals surface area contributed by atoms with E-state index in [1.54, 1.807) is 30.8 Å². The Morgan fingerprint density at radius 3 is 2.14 bits per heavy atom. The van der Waals surface area contributed by atoms with Crippen molar-refractivity contribution in [1.82, 2.24) is 29.7 Å². The number of aromatic nitrogens is 4. The summed E-state index contributed by atoms with van der Waals surface area (Å²) >= 11 is 0. The van der Waals surface area contributed by atoms with Gasteiger partial charge in [0.1, 0.15) is 18.4 Å². The number of carbonyl (C=O) groups excluding carboxylic acids is 2. The molecule has 0 fully saturated rings. The highest BCUT2D eigenvalue weighted by Gasteiger charge is 2.34. The Morgan fingerprint density at radius 1 is 1.02 bits per heavy atom. The third-order valence-corrected chi connectivity index (χ3v) is 8.25. The van der Waals surface area contributed by atoms with E-state index < -0.39 is 31.5 Å². The average Bonchev–Trinajstić information content (AvgIpc) is 3.38. The molecule has 2 unspecified atom stereocenters. The van der Waals surface area contributed by atoms with Crippen LogP contribution in [0.5, 0.6) is 0 Å². The first-order valence-electron chi connectivity index (χ1n) is 14.6. The van der Waals surface area contributed by atoms with Crippen molar-refractivity contribution in [3.63, 3.8) is 0 Å². The number of anilines is 2. The molecule has 236 valence electrons. The van der Waals surface area contributed by atoms with E-state index in [1.165, 1.54) is 0 Å². The molecule has 0 aliphatic heterocycles.